The number of nitrogens with zero attached hydrogens (tertiary/aromatic N) is 5. The first-order chi connectivity index (χ1) is 9.79. The molecule has 1 saturated heterocycles. The Hall–Kier alpha value is -1.31. The van der Waals surface area contributed by atoms with Gasteiger partial charge in [0.05, 0.1) is 12.9 Å². The predicted molar refractivity (Wildman–Crippen MR) is 91.7 cm³/mol. The Morgan fingerprint density at radius 2 is 1.95 bits per heavy atom. The second-order valence-corrected chi connectivity index (χ2v) is 4.94. The van der Waals surface area contributed by atoms with Gasteiger partial charge in [-0.05, 0) is 6.42 Å². The van der Waals surface area contributed by atoms with Crippen LogP contribution in [0.1, 0.15) is 13.3 Å². The number of halogens is 2. The van der Waals surface area contributed by atoms with Crippen LogP contribution in [0.4, 0.5) is 5.82 Å². The summed E-state index contributed by atoms with van der Waals surface area (Å²) < 4.78 is 7.52. The van der Waals surface area contributed by atoms with Gasteiger partial charge in [-0.1, -0.05) is 6.92 Å². The highest BCUT2D eigenvalue weighted by molar-refractivity contribution is 5.85. The number of aromatic nitrogens is 4. The van der Waals surface area contributed by atoms with Crippen molar-refractivity contribution in [2.24, 2.45) is 7.05 Å². The number of aryl methyl sites for hydroxylation is 1. The Bertz CT molecular complexity index is 599. The van der Waals surface area contributed by atoms with Crippen LogP contribution in [-0.2, 0) is 7.05 Å². The number of hydrogen-bond acceptors (Lipinski definition) is 6. The van der Waals surface area contributed by atoms with E-state index in [1.165, 1.54) is 0 Å². The molecule has 0 radical (unpaired) electrons. The zero-order valence-corrected chi connectivity index (χ0v) is 14.4. The molecule has 1 fully saturated rings. The van der Waals surface area contributed by atoms with Crippen molar-refractivity contribution >= 4 is 41.8 Å². The number of anilines is 1. The summed E-state index contributed by atoms with van der Waals surface area (Å²) in [5, 5.41) is 3.34. The smallest absolute Gasteiger partial charge is 0.320 e. The van der Waals surface area contributed by atoms with Gasteiger partial charge < -0.3 is 19.5 Å². The third kappa shape index (κ3) is 3.71. The minimum Gasteiger partial charge on any atom is -0.463 e. The molecule has 0 aromatic carbocycles. The van der Waals surface area contributed by atoms with E-state index in [9.17, 15) is 0 Å². The van der Waals surface area contributed by atoms with Gasteiger partial charge in [-0.2, -0.15) is 9.97 Å². The quantitative estimate of drug-likeness (QED) is 0.900. The van der Waals surface area contributed by atoms with Crippen LogP contribution in [-0.4, -0.2) is 52.3 Å². The maximum Gasteiger partial charge on any atom is 0.320 e. The fourth-order valence-electron chi connectivity index (χ4n) is 2.33. The number of ether oxygens (including phenoxy) is 1. The average molecular weight is 349 g/mol. The Kier molecular flexibility index (Phi) is 7.12. The number of rotatable bonds is 4. The molecule has 124 valence electrons. The monoisotopic (exact) mass is 348 g/mol. The molecule has 1 N–H and O–H groups in total. The average Bonchev–Trinajstić information content (AvgIpc) is 2.87. The predicted octanol–water partition coefficient (Wildman–Crippen LogP) is 1.41. The third-order valence-corrected chi connectivity index (χ3v) is 3.37. The minimum absolute atomic E-state index is 0. The summed E-state index contributed by atoms with van der Waals surface area (Å²) in [6.07, 6.45) is 2.71. The molecule has 1 aliphatic heterocycles. The van der Waals surface area contributed by atoms with Crippen LogP contribution in [0.3, 0.4) is 0 Å². The molecule has 0 aliphatic carbocycles. The van der Waals surface area contributed by atoms with Gasteiger partial charge in [-0.25, -0.2) is 4.98 Å². The number of piperazine rings is 1. The molecular weight excluding hydrogens is 327 g/mol. The molecule has 22 heavy (non-hydrogen) atoms. The highest BCUT2D eigenvalue weighted by Crippen LogP contribution is 2.24. The highest BCUT2D eigenvalue weighted by atomic mass is 35.5. The summed E-state index contributed by atoms with van der Waals surface area (Å²) in [5.41, 5.74) is 1.66. The van der Waals surface area contributed by atoms with E-state index in [0.29, 0.717) is 12.6 Å². The van der Waals surface area contributed by atoms with Gasteiger partial charge in [0, 0.05) is 33.2 Å². The molecule has 0 saturated carbocycles. The lowest BCUT2D eigenvalue weighted by atomic mass is 10.3. The molecule has 9 heteroatoms. The zero-order valence-electron chi connectivity index (χ0n) is 12.8. The Labute approximate surface area is 142 Å². The number of hydrogen-bond donors (Lipinski definition) is 1. The zero-order chi connectivity index (χ0) is 13.9. The van der Waals surface area contributed by atoms with Crippen molar-refractivity contribution in [3.63, 3.8) is 0 Å². The van der Waals surface area contributed by atoms with Crippen molar-refractivity contribution in [1.82, 2.24) is 24.8 Å². The van der Waals surface area contributed by atoms with Gasteiger partial charge in [0.2, 0.25) is 0 Å². The lowest BCUT2D eigenvalue weighted by molar-refractivity contribution is 0.293. The van der Waals surface area contributed by atoms with Crippen LogP contribution in [0.5, 0.6) is 6.01 Å². The van der Waals surface area contributed by atoms with Gasteiger partial charge in [0.1, 0.15) is 0 Å². The first-order valence-corrected chi connectivity index (χ1v) is 7.07. The Morgan fingerprint density at radius 1 is 1.23 bits per heavy atom. The minimum atomic E-state index is 0. The largest absolute Gasteiger partial charge is 0.463 e. The first kappa shape index (κ1) is 18.7. The van der Waals surface area contributed by atoms with Crippen LogP contribution in [0.15, 0.2) is 6.33 Å². The molecule has 1 aliphatic rings. The van der Waals surface area contributed by atoms with Gasteiger partial charge >= 0.3 is 6.01 Å². The molecule has 2 aromatic heterocycles. The van der Waals surface area contributed by atoms with E-state index in [0.717, 1.165) is 49.6 Å². The van der Waals surface area contributed by atoms with E-state index in [2.05, 4.69) is 32.1 Å². The van der Waals surface area contributed by atoms with Crippen LogP contribution in [0.25, 0.3) is 11.2 Å². The number of imidazole rings is 1. The molecule has 3 rings (SSSR count). The Balaban J connectivity index is 0.00000121. The van der Waals surface area contributed by atoms with Crippen LogP contribution in [0, 0.1) is 0 Å². The fraction of sp³-hybridized carbons (Fsp3) is 0.615. The van der Waals surface area contributed by atoms with Crippen LogP contribution >= 0.6 is 24.8 Å². The second kappa shape index (κ2) is 8.36. The van der Waals surface area contributed by atoms with Gasteiger partial charge in [0.15, 0.2) is 17.0 Å². The van der Waals surface area contributed by atoms with E-state index in [-0.39, 0.29) is 24.8 Å². The summed E-state index contributed by atoms with van der Waals surface area (Å²) in [6.45, 7) is 6.48. The lowest BCUT2D eigenvalue weighted by Crippen LogP contribution is -2.44. The molecule has 2 aromatic rings. The summed E-state index contributed by atoms with van der Waals surface area (Å²) in [7, 11) is 1.94. The van der Waals surface area contributed by atoms with Crippen molar-refractivity contribution in [3.8, 4) is 6.01 Å². The SMILES string of the molecule is CCCOc1nc(N2CCNCC2)c2ncn(C)c2n1.Cl.Cl. The molecule has 0 amide bonds. The molecule has 0 unspecified atom stereocenters. The lowest BCUT2D eigenvalue weighted by Gasteiger charge is -2.28. The number of fused-ring (bicyclic) bond motifs is 1. The standard InChI is InChI=1S/C13H20N6O.2ClH/c1-3-8-20-13-16-11-10(15-9-18(11)2)12(17-13)19-6-4-14-5-7-19;;/h9,14H,3-8H2,1-2H3;2*1H. The van der Waals surface area contributed by atoms with Gasteiger partial charge in [-0.15, -0.1) is 24.8 Å². The van der Waals surface area contributed by atoms with Crippen molar-refractivity contribution < 1.29 is 4.74 Å². The summed E-state index contributed by atoms with van der Waals surface area (Å²) in [6, 6.07) is 0.441. The molecule has 0 atom stereocenters. The molecule has 3 heterocycles. The van der Waals surface area contributed by atoms with Crippen molar-refractivity contribution in [2.45, 2.75) is 13.3 Å². The first-order valence-electron chi connectivity index (χ1n) is 7.07. The third-order valence-electron chi connectivity index (χ3n) is 3.37. The van der Waals surface area contributed by atoms with E-state index in [1.54, 1.807) is 6.33 Å². The summed E-state index contributed by atoms with van der Waals surface area (Å²) in [5.74, 6) is 0.878. The van der Waals surface area contributed by atoms with Crippen molar-refractivity contribution in [3.05, 3.63) is 6.33 Å². The van der Waals surface area contributed by atoms with Gasteiger partial charge in [0.25, 0.3) is 0 Å². The van der Waals surface area contributed by atoms with Crippen LogP contribution in [0.2, 0.25) is 0 Å². The number of nitrogens with one attached hydrogen (secondary N) is 1. The molecule has 0 spiro atoms. The van der Waals surface area contributed by atoms with Crippen molar-refractivity contribution in [2.75, 3.05) is 37.7 Å². The van der Waals surface area contributed by atoms with Crippen molar-refractivity contribution in [1.29, 1.82) is 0 Å². The van der Waals surface area contributed by atoms with E-state index in [4.69, 9.17) is 4.74 Å². The van der Waals surface area contributed by atoms with Gasteiger partial charge in [-0.3, -0.25) is 0 Å². The van der Waals surface area contributed by atoms with E-state index >= 15 is 0 Å². The fourth-order valence-corrected chi connectivity index (χ4v) is 2.33. The molecular formula is C13H22Cl2N6O. The normalized spacial score (nSPS) is 14.4. The topological polar surface area (TPSA) is 68.1 Å². The maximum atomic E-state index is 5.61. The summed E-state index contributed by atoms with van der Waals surface area (Å²) >= 11 is 0. The second-order valence-electron chi connectivity index (χ2n) is 4.94. The van der Waals surface area contributed by atoms with E-state index in [1.807, 2.05) is 11.6 Å². The van der Waals surface area contributed by atoms with Crippen LogP contribution < -0.4 is 15.0 Å². The maximum absolute atomic E-state index is 5.61. The highest BCUT2D eigenvalue weighted by Gasteiger charge is 2.19. The molecule has 7 nitrogen and oxygen atoms in total. The Morgan fingerprint density at radius 3 is 2.64 bits per heavy atom. The van der Waals surface area contributed by atoms with E-state index < -0.39 is 0 Å². The molecule has 0 bridgehead atoms. The summed E-state index contributed by atoms with van der Waals surface area (Å²) in [4.78, 5) is 15.7.